The topological polar surface area (TPSA) is 44.5 Å². The minimum atomic E-state index is -0.449. The molecule has 0 aliphatic rings. The number of ether oxygens (including phenoxy) is 2. The summed E-state index contributed by atoms with van der Waals surface area (Å²) in [5, 5.41) is 0. The van der Waals surface area contributed by atoms with Gasteiger partial charge in [-0.15, -0.1) is 0 Å². The maximum Gasteiger partial charge on any atom is 0.126 e. The van der Waals surface area contributed by atoms with E-state index in [9.17, 15) is 4.39 Å². The van der Waals surface area contributed by atoms with Crippen molar-refractivity contribution < 1.29 is 13.9 Å². The molecule has 0 saturated heterocycles. The maximum atomic E-state index is 13.0. The Kier molecular flexibility index (Phi) is 4.48. The molecular weight excluding hydrogens is 221 g/mol. The van der Waals surface area contributed by atoms with Crippen molar-refractivity contribution in [3.63, 3.8) is 0 Å². The Morgan fingerprint density at radius 1 is 1.41 bits per heavy atom. The summed E-state index contributed by atoms with van der Waals surface area (Å²) in [7, 11) is 1.61. The molecule has 1 aromatic rings. The van der Waals surface area contributed by atoms with Crippen molar-refractivity contribution in [1.82, 2.24) is 0 Å². The molecule has 0 saturated carbocycles. The van der Waals surface area contributed by atoms with Crippen LogP contribution in [0.1, 0.15) is 19.4 Å². The summed E-state index contributed by atoms with van der Waals surface area (Å²) in [6.07, 6.45) is 0. The zero-order chi connectivity index (χ0) is 13.1. The molecule has 0 bridgehead atoms. The van der Waals surface area contributed by atoms with Crippen molar-refractivity contribution in [2.24, 2.45) is 5.73 Å². The SMILES string of the molecule is COC(C)(C)C(N)COc1ccc(F)c(C)c1. The molecule has 0 amide bonds. The van der Waals surface area contributed by atoms with Crippen molar-refractivity contribution in [1.29, 1.82) is 0 Å². The third kappa shape index (κ3) is 3.68. The number of benzene rings is 1. The van der Waals surface area contributed by atoms with Crippen molar-refractivity contribution in [2.75, 3.05) is 13.7 Å². The van der Waals surface area contributed by atoms with Gasteiger partial charge in [-0.1, -0.05) is 0 Å². The van der Waals surface area contributed by atoms with Crippen molar-refractivity contribution >= 4 is 0 Å². The van der Waals surface area contributed by atoms with E-state index in [0.29, 0.717) is 17.9 Å². The van der Waals surface area contributed by atoms with Gasteiger partial charge in [0.2, 0.25) is 0 Å². The molecule has 1 aromatic carbocycles. The Hall–Kier alpha value is -1.13. The van der Waals surface area contributed by atoms with E-state index in [-0.39, 0.29) is 11.9 Å². The number of hydrogen-bond donors (Lipinski definition) is 1. The van der Waals surface area contributed by atoms with E-state index in [1.807, 2.05) is 13.8 Å². The molecule has 0 radical (unpaired) electrons. The van der Waals surface area contributed by atoms with Gasteiger partial charge in [0.25, 0.3) is 0 Å². The highest BCUT2D eigenvalue weighted by Gasteiger charge is 2.26. The fraction of sp³-hybridized carbons (Fsp3) is 0.538. The molecule has 1 unspecified atom stereocenters. The first-order chi connectivity index (χ1) is 7.86. The van der Waals surface area contributed by atoms with Gasteiger partial charge in [0.15, 0.2) is 0 Å². The Balaban J connectivity index is 2.59. The third-order valence-corrected chi connectivity index (χ3v) is 2.98. The van der Waals surface area contributed by atoms with Gasteiger partial charge in [-0.2, -0.15) is 0 Å². The number of rotatable bonds is 5. The summed E-state index contributed by atoms with van der Waals surface area (Å²) < 4.78 is 23.8. The number of hydrogen-bond acceptors (Lipinski definition) is 3. The van der Waals surface area contributed by atoms with Crippen LogP contribution < -0.4 is 10.5 Å². The quantitative estimate of drug-likeness (QED) is 0.860. The molecule has 1 atom stereocenters. The van der Waals surface area contributed by atoms with Gasteiger partial charge < -0.3 is 15.2 Å². The van der Waals surface area contributed by atoms with Crippen molar-refractivity contribution in [2.45, 2.75) is 32.4 Å². The Morgan fingerprint density at radius 3 is 2.59 bits per heavy atom. The summed E-state index contributed by atoms with van der Waals surface area (Å²) in [6, 6.07) is 4.38. The van der Waals surface area contributed by atoms with Crippen LogP contribution in [-0.4, -0.2) is 25.4 Å². The molecule has 2 N–H and O–H groups in total. The maximum absolute atomic E-state index is 13.0. The molecule has 3 nitrogen and oxygen atoms in total. The van der Waals surface area contributed by atoms with Crippen LogP contribution in [-0.2, 0) is 4.74 Å². The van der Waals surface area contributed by atoms with E-state index in [1.54, 1.807) is 26.2 Å². The number of nitrogens with two attached hydrogens (primary N) is 1. The number of halogens is 1. The van der Waals surface area contributed by atoms with E-state index in [1.165, 1.54) is 6.07 Å². The van der Waals surface area contributed by atoms with E-state index in [4.69, 9.17) is 15.2 Å². The lowest BCUT2D eigenvalue weighted by Crippen LogP contribution is -2.48. The highest BCUT2D eigenvalue weighted by Crippen LogP contribution is 2.18. The van der Waals surface area contributed by atoms with Crippen LogP contribution in [0.5, 0.6) is 5.75 Å². The molecule has 0 fully saturated rings. The molecule has 17 heavy (non-hydrogen) atoms. The number of methoxy groups -OCH3 is 1. The van der Waals surface area contributed by atoms with E-state index < -0.39 is 5.60 Å². The lowest BCUT2D eigenvalue weighted by Gasteiger charge is -2.29. The monoisotopic (exact) mass is 241 g/mol. The second-order valence-electron chi connectivity index (χ2n) is 4.64. The third-order valence-electron chi connectivity index (χ3n) is 2.98. The summed E-state index contributed by atoms with van der Waals surface area (Å²) in [5.74, 6) is 0.380. The first kappa shape index (κ1) is 13.9. The summed E-state index contributed by atoms with van der Waals surface area (Å²) in [6.45, 7) is 5.82. The van der Waals surface area contributed by atoms with E-state index >= 15 is 0 Å². The fourth-order valence-corrected chi connectivity index (χ4v) is 1.25. The molecule has 0 aromatic heterocycles. The molecular formula is C13H20FNO2. The first-order valence-corrected chi connectivity index (χ1v) is 5.56. The predicted octanol–water partition coefficient (Wildman–Crippen LogP) is 2.27. The van der Waals surface area contributed by atoms with Crippen LogP contribution in [0.4, 0.5) is 4.39 Å². The largest absolute Gasteiger partial charge is 0.492 e. The van der Waals surface area contributed by atoms with Crippen LogP contribution >= 0.6 is 0 Å². The lowest BCUT2D eigenvalue weighted by atomic mass is 10.0. The van der Waals surface area contributed by atoms with Gasteiger partial charge in [-0.25, -0.2) is 4.39 Å². The number of aryl methyl sites for hydroxylation is 1. The van der Waals surface area contributed by atoms with Crippen LogP contribution in [0.2, 0.25) is 0 Å². The zero-order valence-electron chi connectivity index (χ0n) is 10.8. The normalized spacial score (nSPS) is 13.5. The van der Waals surface area contributed by atoms with Gasteiger partial charge >= 0.3 is 0 Å². The molecule has 0 aliphatic heterocycles. The summed E-state index contributed by atoms with van der Waals surface area (Å²) in [5.41, 5.74) is 6.06. The molecule has 0 spiro atoms. The van der Waals surface area contributed by atoms with Gasteiger partial charge in [0, 0.05) is 7.11 Å². The molecule has 0 heterocycles. The fourth-order valence-electron chi connectivity index (χ4n) is 1.25. The Bertz CT molecular complexity index is 380. The molecule has 96 valence electrons. The van der Waals surface area contributed by atoms with Crippen LogP contribution in [0, 0.1) is 12.7 Å². The average Bonchev–Trinajstić information content (AvgIpc) is 2.30. The molecule has 4 heteroatoms. The highest BCUT2D eigenvalue weighted by molar-refractivity contribution is 5.28. The molecule has 1 rings (SSSR count). The van der Waals surface area contributed by atoms with E-state index in [2.05, 4.69) is 0 Å². The van der Waals surface area contributed by atoms with Crippen LogP contribution in [0.15, 0.2) is 18.2 Å². The summed E-state index contributed by atoms with van der Waals surface area (Å²) >= 11 is 0. The van der Waals surface area contributed by atoms with Gasteiger partial charge in [-0.05, 0) is 44.5 Å². The standard InChI is InChI=1S/C13H20FNO2/c1-9-7-10(5-6-11(9)14)17-8-12(15)13(2,3)16-4/h5-7,12H,8,15H2,1-4H3. The minimum Gasteiger partial charge on any atom is -0.492 e. The molecule has 0 aliphatic carbocycles. The lowest BCUT2D eigenvalue weighted by molar-refractivity contribution is -0.0109. The summed E-state index contributed by atoms with van der Waals surface area (Å²) in [4.78, 5) is 0. The second-order valence-corrected chi connectivity index (χ2v) is 4.64. The van der Waals surface area contributed by atoms with Gasteiger partial charge in [-0.3, -0.25) is 0 Å². The van der Waals surface area contributed by atoms with Crippen molar-refractivity contribution in [3.8, 4) is 5.75 Å². The Labute approximate surface area is 102 Å². The Morgan fingerprint density at radius 2 is 2.06 bits per heavy atom. The van der Waals surface area contributed by atoms with Gasteiger partial charge in [0.1, 0.15) is 18.2 Å². The highest BCUT2D eigenvalue weighted by atomic mass is 19.1. The first-order valence-electron chi connectivity index (χ1n) is 5.56. The van der Waals surface area contributed by atoms with Crippen molar-refractivity contribution in [3.05, 3.63) is 29.6 Å². The van der Waals surface area contributed by atoms with Gasteiger partial charge in [0.05, 0.1) is 11.6 Å². The average molecular weight is 241 g/mol. The van der Waals surface area contributed by atoms with Crippen LogP contribution in [0.3, 0.4) is 0 Å². The predicted molar refractivity (Wildman–Crippen MR) is 65.7 cm³/mol. The minimum absolute atomic E-state index is 0.237. The smallest absolute Gasteiger partial charge is 0.126 e. The van der Waals surface area contributed by atoms with E-state index in [0.717, 1.165) is 0 Å². The zero-order valence-corrected chi connectivity index (χ0v) is 10.8. The second kappa shape index (κ2) is 5.47. The van der Waals surface area contributed by atoms with Crippen LogP contribution in [0.25, 0.3) is 0 Å².